The minimum absolute atomic E-state index is 0.0824. The Balaban J connectivity index is 2.25. The molecule has 1 aromatic carbocycles. The predicted octanol–water partition coefficient (Wildman–Crippen LogP) is 3.02. The van der Waals surface area contributed by atoms with Gasteiger partial charge in [-0.25, -0.2) is 4.39 Å². The number of carbonyl (C=O) groups excluding carboxylic acids is 1. The van der Waals surface area contributed by atoms with Gasteiger partial charge in [-0.2, -0.15) is 0 Å². The molecule has 1 heterocycles. The zero-order chi connectivity index (χ0) is 13.1. The van der Waals surface area contributed by atoms with E-state index in [0.29, 0.717) is 5.69 Å². The van der Waals surface area contributed by atoms with Gasteiger partial charge in [0.05, 0.1) is 11.4 Å². The monoisotopic (exact) mass is 250 g/mol. The molecular formula is C14H19FN2O. The molecule has 1 amide bonds. The van der Waals surface area contributed by atoms with E-state index in [1.807, 2.05) is 13.8 Å². The predicted molar refractivity (Wildman–Crippen MR) is 71.3 cm³/mol. The summed E-state index contributed by atoms with van der Waals surface area (Å²) in [4.78, 5) is 13.9. The van der Waals surface area contributed by atoms with Crippen LogP contribution < -0.4 is 10.2 Å². The zero-order valence-corrected chi connectivity index (χ0v) is 10.9. The Morgan fingerprint density at radius 2 is 2.00 bits per heavy atom. The molecule has 3 nitrogen and oxygen atoms in total. The molecule has 18 heavy (non-hydrogen) atoms. The molecule has 0 bridgehead atoms. The van der Waals surface area contributed by atoms with Crippen LogP contribution in [0.2, 0.25) is 0 Å². The third-order valence-electron chi connectivity index (χ3n) is 3.19. The number of carbonyl (C=O) groups is 1. The van der Waals surface area contributed by atoms with Crippen molar-refractivity contribution in [3.05, 3.63) is 24.0 Å². The van der Waals surface area contributed by atoms with Crippen molar-refractivity contribution in [2.75, 3.05) is 23.3 Å². The summed E-state index contributed by atoms with van der Waals surface area (Å²) in [6.45, 7) is 5.58. The van der Waals surface area contributed by atoms with Gasteiger partial charge in [-0.3, -0.25) is 4.79 Å². The summed E-state index contributed by atoms with van der Waals surface area (Å²) >= 11 is 0. The van der Waals surface area contributed by atoms with Crippen molar-refractivity contribution in [1.29, 1.82) is 0 Å². The maximum absolute atomic E-state index is 13.3. The van der Waals surface area contributed by atoms with Gasteiger partial charge in [-0.05, 0) is 31.0 Å². The molecule has 1 saturated heterocycles. The van der Waals surface area contributed by atoms with E-state index >= 15 is 0 Å². The molecule has 1 aliphatic heterocycles. The molecule has 1 N–H and O–H groups in total. The number of hydrogen-bond donors (Lipinski definition) is 1. The Morgan fingerprint density at radius 1 is 1.33 bits per heavy atom. The van der Waals surface area contributed by atoms with Crippen LogP contribution in [0.3, 0.4) is 0 Å². The lowest BCUT2D eigenvalue weighted by Crippen LogP contribution is -2.23. The van der Waals surface area contributed by atoms with Crippen molar-refractivity contribution in [2.45, 2.75) is 26.7 Å². The molecular weight excluding hydrogens is 231 g/mol. The summed E-state index contributed by atoms with van der Waals surface area (Å²) in [5, 5.41) is 2.81. The quantitative estimate of drug-likeness (QED) is 0.894. The minimum Gasteiger partial charge on any atom is -0.370 e. The SMILES string of the molecule is CC(C)C(=O)Nc1cc(F)ccc1N1CCCC1. The van der Waals surface area contributed by atoms with E-state index in [0.717, 1.165) is 31.6 Å². The average Bonchev–Trinajstić information content (AvgIpc) is 2.82. The standard InChI is InChI=1S/C14H19FN2O/c1-10(2)14(18)16-12-9-11(15)5-6-13(12)17-7-3-4-8-17/h5-6,9-10H,3-4,7-8H2,1-2H3,(H,16,18). The van der Waals surface area contributed by atoms with Gasteiger partial charge >= 0.3 is 0 Å². The lowest BCUT2D eigenvalue weighted by molar-refractivity contribution is -0.118. The average molecular weight is 250 g/mol. The summed E-state index contributed by atoms with van der Waals surface area (Å²) in [6, 6.07) is 4.59. The van der Waals surface area contributed by atoms with Gasteiger partial charge in [0.15, 0.2) is 0 Å². The van der Waals surface area contributed by atoms with Crippen molar-refractivity contribution < 1.29 is 9.18 Å². The molecule has 1 aromatic rings. The van der Waals surface area contributed by atoms with Crippen LogP contribution in [0.15, 0.2) is 18.2 Å². The number of anilines is 2. The van der Waals surface area contributed by atoms with Gasteiger partial charge in [-0.1, -0.05) is 13.8 Å². The Bertz CT molecular complexity index is 439. The van der Waals surface area contributed by atoms with Gasteiger partial charge in [-0.15, -0.1) is 0 Å². The van der Waals surface area contributed by atoms with E-state index in [1.165, 1.54) is 12.1 Å². The Labute approximate surface area is 107 Å². The van der Waals surface area contributed by atoms with Crippen LogP contribution in [-0.2, 0) is 4.79 Å². The highest BCUT2D eigenvalue weighted by molar-refractivity contribution is 5.95. The third kappa shape index (κ3) is 2.81. The van der Waals surface area contributed by atoms with E-state index in [2.05, 4.69) is 10.2 Å². The van der Waals surface area contributed by atoms with Crippen molar-refractivity contribution in [3.63, 3.8) is 0 Å². The van der Waals surface area contributed by atoms with E-state index in [-0.39, 0.29) is 17.6 Å². The smallest absolute Gasteiger partial charge is 0.226 e. The van der Waals surface area contributed by atoms with Gasteiger partial charge in [0, 0.05) is 19.0 Å². The van der Waals surface area contributed by atoms with Crippen LogP contribution in [0, 0.1) is 11.7 Å². The number of benzene rings is 1. The largest absolute Gasteiger partial charge is 0.370 e. The van der Waals surface area contributed by atoms with Crippen LogP contribution in [-0.4, -0.2) is 19.0 Å². The molecule has 4 heteroatoms. The summed E-state index contributed by atoms with van der Waals surface area (Å²) in [6.07, 6.45) is 2.30. The van der Waals surface area contributed by atoms with Crippen molar-refractivity contribution in [2.24, 2.45) is 5.92 Å². The highest BCUT2D eigenvalue weighted by Crippen LogP contribution is 2.29. The number of rotatable bonds is 3. The van der Waals surface area contributed by atoms with Crippen molar-refractivity contribution in [1.82, 2.24) is 0 Å². The maximum atomic E-state index is 13.3. The van der Waals surface area contributed by atoms with Crippen LogP contribution in [0.1, 0.15) is 26.7 Å². The highest BCUT2D eigenvalue weighted by atomic mass is 19.1. The van der Waals surface area contributed by atoms with Gasteiger partial charge in [0.25, 0.3) is 0 Å². The lowest BCUT2D eigenvalue weighted by Gasteiger charge is -2.22. The summed E-state index contributed by atoms with van der Waals surface area (Å²) in [5.41, 5.74) is 1.50. The Morgan fingerprint density at radius 3 is 2.61 bits per heavy atom. The van der Waals surface area contributed by atoms with E-state index in [9.17, 15) is 9.18 Å². The molecule has 2 rings (SSSR count). The van der Waals surface area contributed by atoms with Crippen molar-refractivity contribution >= 4 is 17.3 Å². The minimum atomic E-state index is -0.322. The first kappa shape index (κ1) is 12.9. The number of nitrogens with zero attached hydrogens (tertiary/aromatic N) is 1. The van der Waals surface area contributed by atoms with Crippen LogP contribution in [0.25, 0.3) is 0 Å². The summed E-state index contributed by atoms with van der Waals surface area (Å²) in [7, 11) is 0. The van der Waals surface area contributed by atoms with E-state index < -0.39 is 0 Å². The molecule has 0 spiro atoms. The second-order valence-corrected chi connectivity index (χ2v) is 5.00. The summed E-state index contributed by atoms with van der Waals surface area (Å²) < 4.78 is 13.3. The third-order valence-corrected chi connectivity index (χ3v) is 3.19. The normalized spacial score (nSPS) is 15.2. The second-order valence-electron chi connectivity index (χ2n) is 5.00. The number of halogens is 1. The van der Waals surface area contributed by atoms with Crippen LogP contribution in [0.5, 0.6) is 0 Å². The second kappa shape index (κ2) is 5.38. The van der Waals surface area contributed by atoms with Gasteiger partial charge in [0.2, 0.25) is 5.91 Å². The molecule has 0 radical (unpaired) electrons. The first-order chi connectivity index (χ1) is 8.58. The van der Waals surface area contributed by atoms with Gasteiger partial charge < -0.3 is 10.2 Å². The molecule has 98 valence electrons. The fourth-order valence-corrected chi connectivity index (χ4v) is 2.12. The van der Waals surface area contributed by atoms with Gasteiger partial charge in [0.1, 0.15) is 5.82 Å². The molecule has 1 aliphatic rings. The molecule has 0 aliphatic carbocycles. The Hall–Kier alpha value is -1.58. The number of hydrogen-bond acceptors (Lipinski definition) is 2. The molecule has 0 saturated carbocycles. The lowest BCUT2D eigenvalue weighted by atomic mass is 10.2. The molecule has 0 atom stereocenters. The van der Waals surface area contributed by atoms with Crippen LogP contribution in [0.4, 0.5) is 15.8 Å². The number of nitrogens with one attached hydrogen (secondary N) is 1. The molecule has 1 fully saturated rings. The van der Waals surface area contributed by atoms with E-state index in [4.69, 9.17) is 0 Å². The summed E-state index contributed by atoms with van der Waals surface area (Å²) in [5.74, 6) is -0.516. The molecule has 0 aromatic heterocycles. The highest BCUT2D eigenvalue weighted by Gasteiger charge is 2.18. The maximum Gasteiger partial charge on any atom is 0.226 e. The Kier molecular flexibility index (Phi) is 3.84. The topological polar surface area (TPSA) is 32.3 Å². The van der Waals surface area contributed by atoms with E-state index in [1.54, 1.807) is 6.07 Å². The first-order valence-electron chi connectivity index (χ1n) is 6.43. The number of amides is 1. The zero-order valence-electron chi connectivity index (χ0n) is 10.9. The first-order valence-corrected chi connectivity index (χ1v) is 6.43. The fraction of sp³-hybridized carbons (Fsp3) is 0.500. The van der Waals surface area contributed by atoms with Crippen molar-refractivity contribution in [3.8, 4) is 0 Å². The molecule has 0 unspecified atom stereocenters. The van der Waals surface area contributed by atoms with Crippen LogP contribution >= 0.6 is 0 Å². The fourth-order valence-electron chi connectivity index (χ4n) is 2.12.